The van der Waals surface area contributed by atoms with Gasteiger partial charge in [0.05, 0.1) is 11.9 Å². The first-order valence-corrected chi connectivity index (χ1v) is 10.2. The van der Waals surface area contributed by atoms with Crippen LogP contribution in [-0.2, 0) is 0 Å². The van der Waals surface area contributed by atoms with Crippen LogP contribution in [0.4, 0.5) is 20.3 Å². The molecule has 0 aliphatic carbocycles. The lowest BCUT2D eigenvalue weighted by atomic mass is 10.0. The Bertz CT molecular complexity index is 1170. The predicted molar refractivity (Wildman–Crippen MR) is 119 cm³/mol. The maximum atomic E-state index is 14.9. The van der Waals surface area contributed by atoms with Crippen LogP contribution in [0.25, 0.3) is 10.9 Å². The first-order chi connectivity index (χ1) is 15.1. The Balaban J connectivity index is 1.34. The Morgan fingerprint density at radius 3 is 2.55 bits per heavy atom. The molecule has 0 unspecified atom stereocenters. The number of anilines is 2. The Hall–Kier alpha value is -3.39. The van der Waals surface area contributed by atoms with Gasteiger partial charge in [0, 0.05) is 49.5 Å². The molecule has 1 fully saturated rings. The van der Waals surface area contributed by atoms with Gasteiger partial charge in [0.25, 0.3) is 0 Å². The van der Waals surface area contributed by atoms with Crippen molar-refractivity contribution in [3.8, 4) is 0 Å². The number of aliphatic imine (C=N–C) groups is 1. The van der Waals surface area contributed by atoms with Crippen molar-refractivity contribution in [3.63, 3.8) is 0 Å². The van der Waals surface area contributed by atoms with E-state index in [4.69, 9.17) is 0 Å². The second-order valence-corrected chi connectivity index (χ2v) is 7.79. The average Bonchev–Trinajstić information content (AvgIpc) is 2.80. The molecule has 0 N–H and O–H groups in total. The van der Waals surface area contributed by atoms with E-state index in [0.717, 1.165) is 31.9 Å². The van der Waals surface area contributed by atoms with Crippen LogP contribution >= 0.6 is 0 Å². The first-order valence-electron chi connectivity index (χ1n) is 10.2. The predicted octanol–water partition coefficient (Wildman–Crippen LogP) is 3.60. The van der Waals surface area contributed by atoms with Crippen molar-refractivity contribution in [1.82, 2.24) is 14.9 Å². The number of rotatable bonds is 3. The maximum Gasteiger partial charge on any atom is 0.165 e. The molecule has 0 amide bonds. The smallest absolute Gasteiger partial charge is 0.165 e. The molecule has 1 saturated heterocycles. The highest BCUT2D eigenvalue weighted by Gasteiger charge is 2.20. The molecule has 6 nitrogen and oxygen atoms in total. The topological polar surface area (TPSA) is 47.9 Å². The van der Waals surface area contributed by atoms with Gasteiger partial charge < -0.3 is 14.7 Å². The zero-order valence-electron chi connectivity index (χ0n) is 17.2. The Kier molecular flexibility index (Phi) is 5.07. The van der Waals surface area contributed by atoms with E-state index in [0.29, 0.717) is 16.8 Å². The number of likely N-dealkylation sites (N-methyl/N-ethyl adjacent to an activating group) is 1. The zero-order chi connectivity index (χ0) is 21.4. The average molecular weight is 420 g/mol. The minimum atomic E-state index is -0.529. The fourth-order valence-electron chi connectivity index (χ4n) is 3.91. The van der Waals surface area contributed by atoms with Gasteiger partial charge in [0.2, 0.25) is 0 Å². The van der Waals surface area contributed by atoms with Crippen LogP contribution < -0.4 is 9.80 Å². The van der Waals surface area contributed by atoms with Crippen molar-refractivity contribution in [1.29, 1.82) is 0 Å². The quantitative estimate of drug-likeness (QED) is 0.648. The molecule has 0 bridgehead atoms. The highest BCUT2D eigenvalue weighted by atomic mass is 19.1. The molecular formula is C23H22F2N6. The molecule has 0 radical (unpaired) electrons. The number of allylic oxidation sites excluding steroid dienone is 1. The lowest BCUT2D eigenvalue weighted by molar-refractivity contribution is 0.313. The van der Waals surface area contributed by atoms with Crippen molar-refractivity contribution < 1.29 is 8.78 Å². The summed E-state index contributed by atoms with van der Waals surface area (Å²) in [5, 5.41) is 0.608. The van der Waals surface area contributed by atoms with Crippen LogP contribution in [0.1, 0.15) is 5.56 Å². The summed E-state index contributed by atoms with van der Waals surface area (Å²) in [6.07, 6.45) is 4.71. The molecule has 158 valence electrons. The molecule has 5 rings (SSSR count). The summed E-state index contributed by atoms with van der Waals surface area (Å²) < 4.78 is 29.3. The van der Waals surface area contributed by atoms with Crippen LogP contribution in [0.15, 0.2) is 65.8 Å². The Morgan fingerprint density at radius 2 is 1.81 bits per heavy atom. The molecule has 0 atom stereocenters. The minimum absolute atomic E-state index is 0.134. The first kappa shape index (κ1) is 19.6. The molecule has 1 aromatic carbocycles. The number of hydrogen-bond acceptors (Lipinski definition) is 6. The summed E-state index contributed by atoms with van der Waals surface area (Å²) in [6, 6.07) is 10.3. The van der Waals surface area contributed by atoms with E-state index in [1.54, 1.807) is 23.1 Å². The molecule has 0 saturated carbocycles. The van der Waals surface area contributed by atoms with Gasteiger partial charge in [0.15, 0.2) is 5.83 Å². The SMILES string of the molecule is CN1CCN(c2ccc(N3C=C(F)C(c4cc(F)c5ncccc5c4)=NC3)nc2)CC1. The maximum absolute atomic E-state index is 14.9. The lowest BCUT2D eigenvalue weighted by Gasteiger charge is -2.34. The van der Waals surface area contributed by atoms with Crippen LogP contribution in [0.3, 0.4) is 0 Å². The van der Waals surface area contributed by atoms with Gasteiger partial charge >= 0.3 is 0 Å². The second kappa shape index (κ2) is 8.03. The van der Waals surface area contributed by atoms with E-state index in [1.807, 2.05) is 18.3 Å². The van der Waals surface area contributed by atoms with E-state index in [2.05, 4.69) is 31.8 Å². The summed E-state index contributed by atoms with van der Waals surface area (Å²) in [5.74, 6) is -0.407. The fourth-order valence-corrected chi connectivity index (χ4v) is 3.91. The summed E-state index contributed by atoms with van der Waals surface area (Å²) >= 11 is 0. The standard InChI is InChI=1S/C23H22F2N6/c1-29-7-9-30(10-8-29)18-4-5-21(27-13-18)31-14-20(25)23(28-15-31)17-11-16-3-2-6-26-22(16)19(24)12-17/h2-6,11-14H,7-10,15H2,1H3. The number of halogens is 2. The van der Waals surface area contributed by atoms with Crippen LogP contribution in [0.5, 0.6) is 0 Å². The minimum Gasteiger partial charge on any atom is -0.368 e. The van der Waals surface area contributed by atoms with Crippen molar-refractivity contribution in [3.05, 3.63) is 72.2 Å². The molecule has 2 aliphatic rings. The van der Waals surface area contributed by atoms with Crippen LogP contribution in [-0.4, -0.2) is 60.5 Å². The van der Waals surface area contributed by atoms with Gasteiger partial charge in [-0.05, 0) is 37.4 Å². The summed E-state index contributed by atoms with van der Waals surface area (Å²) in [6.45, 7) is 4.16. The second-order valence-electron chi connectivity index (χ2n) is 7.79. The molecular weight excluding hydrogens is 398 g/mol. The van der Waals surface area contributed by atoms with Gasteiger partial charge in [-0.3, -0.25) is 9.98 Å². The third-order valence-electron chi connectivity index (χ3n) is 5.70. The molecule has 0 spiro atoms. The van der Waals surface area contributed by atoms with E-state index in [-0.39, 0.29) is 17.9 Å². The number of piperazine rings is 1. The molecule has 31 heavy (non-hydrogen) atoms. The van der Waals surface area contributed by atoms with Crippen molar-refractivity contribution in [2.24, 2.45) is 4.99 Å². The number of benzene rings is 1. The molecule has 2 aromatic heterocycles. The van der Waals surface area contributed by atoms with Gasteiger partial charge in [-0.25, -0.2) is 13.8 Å². The van der Waals surface area contributed by atoms with Crippen molar-refractivity contribution in [2.75, 3.05) is 49.7 Å². The van der Waals surface area contributed by atoms with Gasteiger partial charge in [0.1, 0.15) is 29.5 Å². The van der Waals surface area contributed by atoms with Gasteiger partial charge in [-0.1, -0.05) is 6.07 Å². The van der Waals surface area contributed by atoms with E-state index in [9.17, 15) is 8.78 Å². The lowest BCUT2D eigenvalue weighted by Crippen LogP contribution is -2.44. The summed E-state index contributed by atoms with van der Waals surface area (Å²) in [7, 11) is 2.12. The third-order valence-corrected chi connectivity index (χ3v) is 5.70. The number of aromatic nitrogens is 2. The van der Waals surface area contributed by atoms with E-state index in [1.165, 1.54) is 18.5 Å². The van der Waals surface area contributed by atoms with E-state index < -0.39 is 11.6 Å². The normalized spacial score (nSPS) is 17.6. The van der Waals surface area contributed by atoms with Gasteiger partial charge in [-0.15, -0.1) is 0 Å². The third kappa shape index (κ3) is 3.86. The van der Waals surface area contributed by atoms with E-state index >= 15 is 0 Å². The molecule has 2 aliphatic heterocycles. The van der Waals surface area contributed by atoms with Crippen molar-refractivity contribution >= 4 is 28.1 Å². The zero-order valence-corrected chi connectivity index (χ0v) is 17.2. The number of pyridine rings is 2. The van der Waals surface area contributed by atoms with Crippen LogP contribution in [0, 0.1) is 5.82 Å². The molecule has 4 heterocycles. The number of nitrogens with zero attached hydrogens (tertiary/aromatic N) is 6. The monoisotopic (exact) mass is 420 g/mol. The highest BCUT2D eigenvalue weighted by molar-refractivity contribution is 6.13. The molecule has 8 heteroatoms. The van der Waals surface area contributed by atoms with Crippen molar-refractivity contribution in [2.45, 2.75) is 0 Å². The molecule has 3 aromatic rings. The Morgan fingerprint density at radius 1 is 0.968 bits per heavy atom. The van der Waals surface area contributed by atoms with Gasteiger partial charge in [-0.2, -0.15) is 0 Å². The largest absolute Gasteiger partial charge is 0.368 e. The van der Waals surface area contributed by atoms with Crippen LogP contribution in [0.2, 0.25) is 0 Å². The highest BCUT2D eigenvalue weighted by Crippen LogP contribution is 2.25. The number of hydrogen-bond donors (Lipinski definition) is 0. The summed E-state index contributed by atoms with van der Waals surface area (Å²) in [5.41, 5.74) is 1.85. The number of fused-ring (bicyclic) bond motifs is 1. The fraction of sp³-hybridized carbons (Fsp3) is 0.261. The summed E-state index contributed by atoms with van der Waals surface area (Å²) in [4.78, 5) is 19.1. The Labute approximate surface area is 179 Å².